The topological polar surface area (TPSA) is 41.1 Å². The Morgan fingerprint density at radius 2 is 1.56 bits per heavy atom. The maximum Gasteiger partial charge on any atom is 0.319 e. The van der Waals surface area contributed by atoms with Gasteiger partial charge in [-0.1, -0.05) is 55.3 Å². The normalized spacial score (nSPS) is 15.8. The van der Waals surface area contributed by atoms with Crippen molar-refractivity contribution >= 4 is 11.7 Å². The van der Waals surface area contributed by atoms with Gasteiger partial charge in [0.15, 0.2) is 11.6 Å². The molecule has 0 aromatic heterocycles. The first-order chi connectivity index (χ1) is 15.4. The summed E-state index contributed by atoms with van der Waals surface area (Å²) in [6.07, 6.45) is 4.87. The number of carbonyl (C=O) groups is 1. The quantitative estimate of drug-likeness (QED) is 0.387. The first-order valence-electron chi connectivity index (χ1n) is 10.9. The summed E-state index contributed by atoms with van der Waals surface area (Å²) in [6, 6.07) is 15.3. The Morgan fingerprint density at radius 3 is 2.31 bits per heavy atom. The molecule has 0 spiro atoms. The van der Waals surface area contributed by atoms with Gasteiger partial charge in [-0.05, 0) is 47.1 Å². The third kappa shape index (κ3) is 3.64. The maximum atomic E-state index is 13.9. The molecular formula is C26H23F3N2O. The Labute approximate surface area is 184 Å². The number of benzene rings is 3. The highest BCUT2D eigenvalue weighted by Crippen LogP contribution is 2.44. The van der Waals surface area contributed by atoms with Gasteiger partial charge >= 0.3 is 6.03 Å². The zero-order valence-corrected chi connectivity index (χ0v) is 17.5. The number of urea groups is 1. The average Bonchev–Trinajstić information content (AvgIpc) is 3.39. The molecule has 2 N–H and O–H groups in total. The Kier molecular flexibility index (Phi) is 5.16. The van der Waals surface area contributed by atoms with E-state index in [1.54, 1.807) is 0 Å². The lowest BCUT2D eigenvalue weighted by molar-refractivity contribution is 0.248. The SMILES string of the molecule is O=C(NCC1(c2ccc3c(c2)Cc2ccccc2-3)CCCC1)Nc1c(F)cc(F)cc1F. The van der Waals surface area contributed by atoms with Crippen molar-refractivity contribution in [3.05, 3.63) is 88.7 Å². The van der Waals surface area contributed by atoms with Crippen molar-refractivity contribution in [1.29, 1.82) is 0 Å². The second kappa shape index (κ2) is 8.01. The van der Waals surface area contributed by atoms with E-state index in [9.17, 15) is 18.0 Å². The fraction of sp³-hybridized carbons (Fsp3) is 0.269. The second-order valence-corrected chi connectivity index (χ2v) is 8.75. The number of hydrogen-bond acceptors (Lipinski definition) is 1. The monoisotopic (exact) mass is 436 g/mol. The first-order valence-corrected chi connectivity index (χ1v) is 10.9. The summed E-state index contributed by atoms with van der Waals surface area (Å²) >= 11 is 0. The maximum absolute atomic E-state index is 13.9. The number of rotatable bonds is 4. The van der Waals surface area contributed by atoms with E-state index in [1.807, 2.05) is 0 Å². The second-order valence-electron chi connectivity index (χ2n) is 8.75. The molecular weight excluding hydrogens is 413 g/mol. The lowest BCUT2D eigenvalue weighted by Gasteiger charge is -2.30. The summed E-state index contributed by atoms with van der Waals surface area (Å²) in [7, 11) is 0. The molecule has 1 saturated carbocycles. The number of carbonyl (C=O) groups excluding carboxylic acids is 1. The molecule has 0 saturated heterocycles. The standard InChI is InChI=1S/C26H23F3N2O/c27-19-13-22(28)24(23(29)14-19)31-25(32)30-15-26(9-3-4-10-26)18-7-8-21-17(12-18)11-16-5-1-2-6-20(16)21/h1-2,5-8,12-14H,3-4,9-11,15H2,(H2,30,31,32). The molecule has 5 rings (SSSR count). The van der Waals surface area contributed by atoms with Crippen LogP contribution in [0.1, 0.15) is 42.4 Å². The fourth-order valence-corrected chi connectivity index (χ4v) is 5.16. The van der Waals surface area contributed by atoms with Gasteiger partial charge in [0.05, 0.1) is 0 Å². The van der Waals surface area contributed by atoms with Gasteiger partial charge < -0.3 is 10.6 Å². The van der Waals surface area contributed by atoms with E-state index in [-0.39, 0.29) is 5.41 Å². The van der Waals surface area contributed by atoms with E-state index in [0.29, 0.717) is 18.7 Å². The molecule has 1 fully saturated rings. The van der Waals surface area contributed by atoms with Gasteiger partial charge in [-0.3, -0.25) is 0 Å². The number of nitrogens with one attached hydrogen (secondary N) is 2. The molecule has 3 aromatic carbocycles. The van der Waals surface area contributed by atoms with Gasteiger partial charge in [0.2, 0.25) is 0 Å². The number of anilines is 1. The van der Waals surface area contributed by atoms with Crippen LogP contribution in [-0.4, -0.2) is 12.6 Å². The lowest BCUT2D eigenvalue weighted by Crippen LogP contribution is -2.41. The lowest BCUT2D eigenvalue weighted by atomic mass is 9.77. The van der Waals surface area contributed by atoms with Crippen molar-refractivity contribution in [2.45, 2.75) is 37.5 Å². The Morgan fingerprint density at radius 1 is 0.875 bits per heavy atom. The van der Waals surface area contributed by atoms with E-state index < -0.39 is 29.2 Å². The third-order valence-corrected chi connectivity index (χ3v) is 6.80. The molecule has 2 aliphatic carbocycles. The van der Waals surface area contributed by atoms with Crippen molar-refractivity contribution in [1.82, 2.24) is 5.32 Å². The zero-order valence-electron chi connectivity index (χ0n) is 17.5. The number of hydrogen-bond donors (Lipinski definition) is 2. The molecule has 32 heavy (non-hydrogen) atoms. The summed E-state index contributed by atoms with van der Waals surface area (Å²) in [5, 5.41) is 4.97. The van der Waals surface area contributed by atoms with E-state index in [1.165, 1.54) is 27.8 Å². The molecule has 0 bridgehead atoms. The van der Waals surface area contributed by atoms with Crippen LogP contribution in [0, 0.1) is 17.5 Å². The zero-order chi connectivity index (χ0) is 22.3. The van der Waals surface area contributed by atoms with Crippen LogP contribution in [-0.2, 0) is 11.8 Å². The van der Waals surface area contributed by atoms with Crippen molar-refractivity contribution in [3.8, 4) is 11.1 Å². The van der Waals surface area contributed by atoms with Gasteiger partial charge in [0.1, 0.15) is 11.5 Å². The number of halogens is 3. The highest BCUT2D eigenvalue weighted by Gasteiger charge is 2.37. The van der Waals surface area contributed by atoms with E-state index in [4.69, 9.17) is 0 Å². The Balaban J connectivity index is 1.34. The van der Waals surface area contributed by atoms with Crippen LogP contribution in [0.3, 0.4) is 0 Å². The molecule has 2 amide bonds. The molecule has 0 heterocycles. The van der Waals surface area contributed by atoms with E-state index in [0.717, 1.165) is 32.1 Å². The van der Waals surface area contributed by atoms with Crippen LogP contribution >= 0.6 is 0 Å². The van der Waals surface area contributed by atoms with Crippen molar-refractivity contribution in [2.24, 2.45) is 0 Å². The van der Waals surface area contributed by atoms with Crippen LogP contribution in [0.2, 0.25) is 0 Å². The van der Waals surface area contributed by atoms with Gasteiger partial charge in [0.25, 0.3) is 0 Å². The molecule has 164 valence electrons. The molecule has 0 atom stereocenters. The van der Waals surface area contributed by atoms with E-state index >= 15 is 0 Å². The van der Waals surface area contributed by atoms with Crippen LogP contribution in [0.25, 0.3) is 11.1 Å². The van der Waals surface area contributed by atoms with Crippen LogP contribution in [0.15, 0.2) is 54.6 Å². The molecule has 3 aromatic rings. The Bertz CT molecular complexity index is 1180. The molecule has 3 nitrogen and oxygen atoms in total. The van der Waals surface area contributed by atoms with Crippen molar-refractivity contribution in [2.75, 3.05) is 11.9 Å². The predicted molar refractivity (Wildman–Crippen MR) is 118 cm³/mol. The number of amides is 2. The molecule has 0 aliphatic heterocycles. The number of fused-ring (bicyclic) bond motifs is 3. The highest BCUT2D eigenvalue weighted by molar-refractivity contribution is 5.89. The van der Waals surface area contributed by atoms with Crippen LogP contribution < -0.4 is 10.6 Å². The summed E-state index contributed by atoms with van der Waals surface area (Å²) in [4.78, 5) is 12.4. The Hall–Kier alpha value is -3.28. The summed E-state index contributed by atoms with van der Waals surface area (Å²) < 4.78 is 40.9. The van der Waals surface area contributed by atoms with Gasteiger partial charge in [-0.25, -0.2) is 18.0 Å². The molecule has 2 aliphatic rings. The summed E-state index contributed by atoms with van der Waals surface area (Å²) in [5.74, 6) is -3.33. The minimum atomic E-state index is -1.15. The van der Waals surface area contributed by atoms with Crippen LogP contribution in [0.4, 0.5) is 23.7 Å². The highest BCUT2D eigenvalue weighted by atomic mass is 19.1. The van der Waals surface area contributed by atoms with Crippen molar-refractivity contribution < 1.29 is 18.0 Å². The summed E-state index contributed by atoms with van der Waals surface area (Å²) in [5.41, 5.74) is 5.44. The molecule has 0 radical (unpaired) electrons. The third-order valence-electron chi connectivity index (χ3n) is 6.80. The predicted octanol–water partition coefficient (Wildman–Crippen LogP) is 6.31. The molecule has 0 unspecified atom stereocenters. The van der Waals surface area contributed by atoms with Gasteiger partial charge in [-0.2, -0.15) is 0 Å². The molecule has 6 heteroatoms. The van der Waals surface area contributed by atoms with Gasteiger partial charge in [-0.15, -0.1) is 0 Å². The fourth-order valence-electron chi connectivity index (χ4n) is 5.16. The first kappa shape index (κ1) is 20.6. The average molecular weight is 436 g/mol. The van der Waals surface area contributed by atoms with Crippen LogP contribution in [0.5, 0.6) is 0 Å². The smallest absolute Gasteiger partial charge is 0.319 e. The summed E-state index contributed by atoms with van der Waals surface area (Å²) in [6.45, 7) is 0.356. The van der Waals surface area contributed by atoms with E-state index in [2.05, 4.69) is 53.1 Å². The minimum Gasteiger partial charge on any atom is -0.337 e. The minimum absolute atomic E-state index is 0.221. The largest absolute Gasteiger partial charge is 0.337 e. The van der Waals surface area contributed by atoms with Crippen molar-refractivity contribution in [3.63, 3.8) is 0 Å². The van der Waals surface area contributed by atoms with Gasteiger partial charge in [0, 0.05) is 24.1 Å².